The quantitative estimate of drug-likeness (QED) is 0.572. The summed E-state index contributed by atoms with van der Waals surface area (Å²) < 4.78 is 39.9. The van der Waals surface area contributed by atoms with Gasteiger partial charge >= 0.3 is 6.18 Å². The van der Waals surface area contributed by atoms with Crippen LogP contribution in [0, 0.1) is 14.9 Å². The largest absolute Gasteiger partial charge is 0.418 e. The number of hydrogen-bond acceptors (Lipinski definition) is 3. The number of anilines is 1. The van der Waals surface area contributed by atoms with Crippen molar-refractivity contribution >= 4 is 34.2 Å². The lowest BCUT2D eigenvalue weighted by atomic mass is 10.1. The molecule has 0 saturated carbocycles. The standard InChI is InChI=1S/C15H9F3IN3O/c16-15(17,18)12-7-9(8-20)1-6-13(12)21-22-14(23)10-2-4-11(19)5-3-10/h1-7,21H,(H,22,23). The summed E-state index contributed by atoms with van der Waals surface area (Å²) in [7, 11) is 0. The van der Waals surface area contributed by atoms with Gasteiger partial charge in [0.1, 0.15) is 0 Å². The second kappa shape index (κ2) is 6.87. The van der Waals surface area contributed by atoms with Gasteiger partial charge in [0.2, 0.25) is 0 Å². The average molecular weight is 431 g/mol. The second-order valence-corrected chi connectivity index (χ2v) is 5.70. The smallest absolute Gasteiger partial charge is 0.298 e. The van der Waals surface area contributed by atoms with Crippen molar-refractivity contribution in [1.82, 2.24) is 5.43 Å². The van der Waals surface area contributed by atoms with Gasteiger partial charge in [-0.15, -0.1) is 0 Å². The van der Waals surface area contributed by atoms with Crippen molar-refractivity contribution in [2.75, 3.05) is 5.43 Å². The van der Waals surface area contributed by atoms with Gasteiger partial charge in [-0.3, -0.25) is 15.6 Å². The Kier molecular flexibility index (Phi) is 5.10. The highest BCUT2D eigenvalue weighted by molar-refractivity contribution is 14.1. The number of nitrogens with one attached hydrogen (secondary N) is 2. The van der Waals surface area contributed by atoms with Crippen molar-refractivity contribution in [3.63, 3.8) is 0 Å². The maximum absolute atomic E-state index is 13.0. The molecule has 0 spiro atoms. The van der Waals surface area contributed by atoms with Crippen LogP contribution in [-0.4, -0.2) is 5.91 Å². The molecule has 0 aromatic heterocycles. The molecule has 0 aliphatic rings. The maximum Gasteiger partial charge on any atom is 0.418 e. The first-order valence-corrected chi connectivity index (χ1v) is 7.32. The van der Waals surface area contributed by atoms with E-state index in [1.807, 2.05) is 0 Å². The third kappa shape index (κ3) is 4.35. The van der Waals surface area contributed by atoms with Gasteiger partial charge < -0.3 is 0 Å². The van der Waals surface area contributed by atoms with Gasteiger partial charge in [-0.25, -0.2) is 0 Å². The minimum Gasteiger partial charge on any atom is -0.298 e. The Labute approximate surface area is 143 Å². The molecule has 8 heteroatoms. The fraction of sp³-hybridized carbons (Fsp3) is 0.0667. The fourth-order valence-electron chi connectivity index (χ4n) is 1.75. The Balaban J connectivity index is 2.19. The van der Waals surface area contributed by atoms with Crippen LogP contribution in [0.3, 0.4) is 0 Å². The topological polar surface area (TPSA) is 64.9 Å². The van der Waals surface area contributed by atoms with E-state index in [1.165, 1.54) is 6.07 Å². The highest BCUT2D eigenvalue weighted by atomic mass is 127. The zero-order valence-corrected chi connectivity index (χ0v) is 13.6. The number of hydrogen-bond donors (Lipinski definition) is 2. The van der Waals surface area contributed by atoms with E-state index in [2.05, 4.69) is 33.4 Å². The molecule has 0 unspecified atom stereocenters. The molecule has 2 aromatic rings. The van der Waals surface area contributed by atoms with E-state index in [0.29, 0.717) is 5.56 Å². The number of hydrazine groups is 1. The number of benzene rings is 2. The lowest BCUT2D eigenvalue weighted by molar-refractivity contribution is -0.137. The third-order valence-corrected chi connectivity index (χ3v) is 3.59. The van der Waals surface area contributed by atoms with Crippen LogP contribution in [0.2, 0.25) is 0 Å². The lowest BCUT2D eigenvalue weighted by Gasteiger charge is -2.15. The molecule has 0 bridgehead atoms. The number of halogens is 4. The molecule has 4 nitrogen and oxygen atoms in total. The molecular weight excluding hydrogens is 422 g/mol. The number of amides is 1. The number of nitriles is 1. The van der Waals surface area contributed by atoms with E-state index in [4.69, 9.17) is 5.26 Å². The number of carbonyl (C=O) groups excluding carboxylic acids is 1. The first-order chi connectivity index (χ1) is 10.8. The van der Waals surface area contributed by atoms with Crippen molar-refractivity contribution < 1.29 is 18.0 Å². The van der Waals surface area contributed by atoms with Crippen molar-refractivity contribution in [3.05, 3.63) is 62.7 Å². The molecule has 2 rings (SSSR count). The Morgan fingerprint density at radius 2 is 1.78 bits per heavy atom. The summed E-state index contributed by atoms with van der Waals surface area (Å²) >= 11 is 2.07. The Morgan fingerprint density at radius 3 is 2.35 bits per heavy atom. The third-order valence-electron chi connectivity index (χ3n) is 2.87. The van der Waals surface area contributed by atoms with Crippen LogP contribution in [0.5, 0.6) is 0 Å². The predicted octanol–water partition coefficient (Wildman–Crippen LogP) is 3.94. The minimum atomic E-state index is -4.65. The monoisotopic (exact) mass is 431 g/mol. The minimum absolute atomic E-state index is 0.119. The van der Waals surface area contributed by atoms with Crippen molar-refractivity contribution in [3.8, 4) is 6.07 Å². The molecule has 0 heterocycles. The van der Waals surface area contributed by atoms with E-state index < -0.39 is 17.6 Å². The lowest BCUT2D eigenvalue weighted by Crippen LogP contribution is -2.30. The molecule has 0 aliphatic carbocycles. The van der Waals surface area contributed by atoms with Crippen molar-refractivity contribution in [1.29, 1.82) is 5.26 Å². The van der Waals surface area contributed by atoms with Gasteiger partial charge in [-0.05, 0) is 65.1 Å². The Bertz CT molecular complexity index is 767. The molecule has 2 aromatic carbocycles. The average Bonchev–Trinajstić information content (AvgIpc) is 2.52. The van der Waals surface area contributed by atoms with Crippen LogP contribution in [-0.2, 0) is 6.18 Å². The number of rotatable bonds is 3. The molecule has 23 heavy (non-hydrogen) atoms. The van der Waals surface area contributed by atoms with Crippen LogP contribution < -0.4 is 10.9 Å². The van der Waals surface area contributed by atoms with Gasteiger partial charge in [0.05, 0.1) is 22.9 Å². The maximum atomic E-state index is 13.0. The molecule has 1 amide bonds. The highest BCUT2D eigenvalue weighted by Crippen LogP contribution is 2.35. The number of nitrogens with zero attached hydrogens (tertiary/aromatic N) is 1. The summed E-state index contributed by atoms with van der Waals surface area (Å²) in [5.74, 6) is -0.570. The molecule has 0 fully saturated rings. The molecular formula is C15H9F3IN3O. The summed E-state index contributed by atoms with van der Waals surface area (Å²) in [6, 6.07) is 11.2. The van der Waals surface area contributed by atoms with E-state index in [-0.39, 0.29) is 11.3 Å². The summed E-state index contributed by atoms with van der Waals surface area (Å²) in [4.78, 5) is 11.9. The molecule has 0 saturated heterocycles. The van der Waals surface area contributed by atoms with Crippen LogP contribution in [0.15, 0.2) is 42.5 Å². The van der Waals surface area contributed by atoms with Crippen LogP contribution in [0.1, 0.15) is 21.5 Å². The summed E-state index contributed by atoms with van der Waals surface area (Å²) in [5, 5.41) is 8.70. The zero-order valence-electron chi connectivity index (χ0n) is 11.4. The van der Waals surface area contributed by atoms with E-state index in [9.17, 15) is 18.0 Å². The normalized spacial score (nSPS) is 10.7. The zero-order chi connectivity index (χ0) is 17.0. The van der Waals surface area contributed by atoms with Crippen LogP contribution >= 0.6 is 22.6 Å². The van der Waals surface area contributed by atoms with E-state index >= 15 is 0 Å². The summed E-state index contributed by atoms with van der Waals surface area (Å²) in [5.41, 5.74) is 3.28. The first-order valence-electron chi connectivity index (χ1n) is 6.24. The van der Waals surface area contributed by atoms with E-state index in [0.717, 1.165) is 15.7 Å². The molecule has 0 atom stereocenters. The fourth-order valence-corrected chi connectivity index (χ4v) is 2.11. The predicted molar refractivity (Wildman–Crippen MR) is 86.4 cm³/mol. The Hall–Kier alpha value is -2.28. The van der Waals surface area contributed by atoms with Gasteiger partial charge in [-0.1, -0.05) is 0 Å². The number of carbonyl (C=O) groups is 1. The summed E-state index contributed by atoms with van der Waals surface area (Å²) in [6.07, 6.45) is -4.65. The second-order valence-electron chi connectivity index (χ2n) is 4.46. The van der Waals surface area contributed by atoms with Gasteiger partial charge in [-0.2, -0.15) is 18.4 Å². The molecule has 0 radical (unpaired) electrons. The molecule has 118 valence electrons. The molecule has 0 aliphatic heterocycles. The Morgan fingerprint density at radius 1 is 1.13 bits per heavy atom. The molecule has 2 N–H and O–H groups in total. The van der Waals surface area contributed by atoms with Gasteiger partial charge in [0.25, 0.3) is 5.91 Å². The van der Waals surface area contributed by atoms with Crippen LogP contribution in [0.25, 0.3) is 0 Å². The van der Waals surface area contributed by atoms with E-state index in [1.54, 1.807) is 30.3 Å². The SMILES string of the molecule is N#Cc1ccc(NNC(=O)c2ccc(I)cc2)c(C(F)(F)F)c1. The summed E-state index contributed by atoms with van der Waals surface area (Å²) in [6.45, 7) is 0. The van der Waals surface area contributed by atoms with Crippen LogP contribution in [0.4, 0.5) is 18.9 Å². The number of alkyl halides is 3. The van der Waals surface area contributed by atoms with Crippen molar-refractivity contribution in [2.24, 2.45) is 0 Å². The highest BCUT2D eigenvalue weighted by Gasteiger charge is 2.34. The first kappa shape index (κ1) is 17.1. The van der Waals surface area contributed by atoms with Crippen molar-refractivity contribution in [2.45, 2.75) is 6.18 Å². The van der Waals surface area contributed by atoms with Gasteiger partial charge in [0, 0.05) is 9.13 Å². The van der Waals surface area contributed by atoms with Gasteiger partial charge in [0.15, 0.2) is 0 Å².